The maximum atomic E-state index is 13.2. The number of aliphatic carboxylic acids is 1. The monoisotopic (exact) mass is 587 g/mol. The predicted molar refractivity (Wildman–Crippen MR) is 154 cm³/mol. The Morgan fingerprint density at radius 2 is 1.83 bits per heavy atom. The number of hydrogen-bond donors (Lipinski definition) is 2. The van der Waals surface area contributed by atoms with E-state index in [1.54, 1.807) is 24.3 Å². The van der Waals surface area contributed by atoms with Gasteiger partial charge in [-0.25, -0.2) is 4.98 Å². The first kappa shape index (κ1) is 32.2. The van der Waals surface area contributed by atoms with E-state index >= 15 is 0 Å². The van der Waals surface area contributed by atoms with Gasteiger partial charge >= 0.3 is 11.9 Å². The first-order valence-corrected chi connectivity index (χ1v) is 14.9. The second-order valence-corrected chi connectivity index (χ2v) is 12.1. The summed E-state index contributed by atoms with van der Waals surface area (Å²) < 4.78 is 10.8. The number of nitrogens with zero attached hydrogens (tertiary/aromatic N) is 2. The third kappa shape index (κ3) is 9.64. The molecule has 4 atom stereocenters. The molecule has 0 spiro atoms. The average molecular weight is 588 g/mol. The Bertz CT molecular complexity index is 1180. The molecule has 2 N–H and O–H groups in total. The highest BCUT2D eigenvalue weighted by molar-refractivity contribution is 7.09. The SMILES string of the molecule is CC(=O)O[C@H](CC(C(C)C)N(C)C(=O)CC1COC1)c1nc(C(=O)N[C@@H](Cc2ccccc2)C[C@H](C)C(=O)O)cs1. The minimum Gasteiger partial charge on any atom is -0.481 e. The van der Waals surface area contributed by atoms with Crippen LogP contribution < -0.4 is 5.32 Å². The fraction of sp³-hybridized carbons (Fsp3) is 0.567. The molecule has 0 radical (unpaired) electrons. The summed E-state index contributed by atoms with van der Waals surface area (Å²) in [6, 6.07) is 8.92. The van der Waals surface area contributed by atoms with Gasteiger partial charge in [0.25, 0.3) is 5.91 Å². The van der Waals surface area contributed by atoms with Crippen molar-refractivity contribution in [2.75, 3.05) is 20.3 Å². The van der Waals surface area contributed by atoms with E-state index in [-0.39, 0.29) is 35.9 Å². The highest BCUT2D eigenvalue weighted by Gasteiger charge is 2.32. The molecular formula is C30H41N3O7S. The molecule has 1 fully saturated rings. The number of carboxylic acids is 1. The molecule has 224 valence electrons. The zero-order chi connectivity index (χ0) is 30.1. The highest BCUT2D eigenvalue weighted by atomic mass is 32.1. The van der Waals surface area contributed by atoms with Gasteiger partial charge in [0.1, 0.15) is 10.7 Å². The van der Waals surface area contributed by atoms with Crippen molar-refractivity contribution in [1.29, 1.82) is 0 Å². The van der Waals surface area contributed by atoms with Gasteiger partial charge in [-0.3, -0.25) is 19.2 Å². The van der Waals surface area contributed by atoms with Crippen LogP contribution in [0.2, 0.25) is 0 Å². The molecule has 1 unspecified atom stereocenters. The molecule has 41 heavy (non-hydrogen) atoms. The van der Waals surface area contributed by atoms with Crippen LogP contribution in [0.3, 0.4) is 0 Å². The van der Waals surface area contributed by atoms with Gasteiger partial charge in [-0.1, -0.05) is 51.1 Å². The van der Waals surface area contributed by atoms with E-state index in [9.17, 15) is 24.3 Å². The molecule has 0 saturated carbocycles. The standard InChI is InChI=1S/C30H41N3O7S/c1-18(2)25(33(5)27(35)13-22-15-39-16-22)14-26(40-20(4)34)29-32-24(17-41-29)28(36)31-23(11-19(3)30(37)38)12-21-9-7-6-8-10-21/h6-10,17-19,22-23,25-26H,11-16H2,1-5H3,(H,31,36)(H,37,38)/t19-,23+,25?,26+/m0/s1. The van der Waals surface area contributed by atoms with Gasteiger partial charge in [-0.15, -0.1) is 11.3 Å². The van der Waals surface area contributed by atoms with Crippen molar-refractivity contribution in [2.24, 2.45) is 17.8 Å². The average Bonchev–Trinajstić information content (AvgIpc) is 3.38. The van der Waals surface area contributed by atoms with Crippen LogP contribution in [-0.2, 0) is 30.3 Å². The van der Waals surface area contributed by atoms with Crippen LogP contribution >= 0.6 is 11.3 Å². The van der Waals surface area contributed by atoms with Crippen LogP contribution in [0.15, 0.2) is 35.7 Å². The number of hydrogen-bond acceptors (Lipinski definition) is 8. The summed E-state index contributed by atoms with van der Waals surface area (Å²) in [5.41, 5.74) is 1.14. The van der Waals surface area contributed by atoms with Crippen molar-refractivity contribution in [3.05, 3.63) is 52.0 Å². The zero-order valence-corrected chi connectivity index (χ0v) is 25.2. The van der Waals surface area contributed by atoms with Gasteiger partial charge in [-0.05, 0) is 24.3 Å². The molecule has 2 aromatic rings. The summed E-state index contributed by atoms with van der Waals surface area (Å²) >= 11 is 1.21. The number of ether oxygens (including phenoxy) is 2. The van der Waals surface area contributed by atoms with Crippen molar-refractivity contribution in [3.8, 4) is 0 Å². The Kier molecular flexibility index (Phi) is 11.8. The second kappa shape index (κ2) is 15.1. The van der Waals surface area contributed by atoms with E-state index in [1.807, 2.05) is 44.2 Å². The Morgan fingerprint density at radius 1 is 1.15 bits per heavy atom. The van der Waals surface area contributed by atoms with E-state index in [0.29, 0.717) is 37.5 Å². The quantitative estimate of drug-likeness (QED) is 0.297. The molecule has 1 aromatic carbocycles. The largest absolute Gasteiger partial charge is 0.481 e. The molecule has 1 saturated heterocycles. The molecule has 2 amide bonds. The molecule has 0 aliphatic carbocycles. The van der Waals surface area contributed by atoms with Crippen molar-refractivity contribution in [2.45, 2.75) is 71.6 Å². The number of carbonyl (C=O) groups is 4. The van der Waals surface area contributed by atoms with Crippen molar-refractivity contribution < 1.29 is 33.8 Å². The normalized spacial score (nSPS) is 16.2. The third-order valence-corrected chi connectivity index (χ3v) is 8.28. The number of carbonyl (C=O) groups excluding carboxylic acids is 3. The number of thiazole rings is 1. The van der Waals surface area contributed by atoms with Crippen LogP contribution in [0.4, 0.5) is 0 Å². The fourth-order valence-corrected chi connectivity index (χ4v) is 5.73. The molecule has 2 heterocycles. The van der Waals surface area contributed by atoms with Gasteiger partial charge in [0, 0.05) is 50.2 Å². The van der Waals surface area contributed by atoms with Crippen molar-refractivity contribution >= 4 is 35.1 Å². The minimum absolute atomic E-state index is 0.0119. The smallest absolute Gasteiger partial charge is 0.306 e. The lowest BCUT2D eigenvalue weighted by atomic mass is 9.95. The Labute approximate surface area is 245 Å². The summed E-state index contributed by atoms with van der Waals surface area (Å²) in [6.45, 7) is 8.14. The van der Waals surface area contributed by atoms with Gasteiger partial charge < -0.3 is 24.8 Å². The molecule has 1 aliphatic heterocycles. The van der Waals surface area contributed by atoms with E-state index < -0.39 is 35.9 Å². The molecule has 3 rings (SSSR count). The highest BCUT2D eigenvalue weighted by Crippen LogP contribution is 2.31. The van der Waals surface area contributed by atoms with E-state index in [4.69, 9.17) is 9.47 Å². The number of benzene rings is 1. The summed E-state index contributed by atoms with van der Waals surface area (Å²) in [5.74, 6) is -2.16. The summed E-state index contributed by atoms with van der Waals surface area (Å²) in [6.07, 6.45) is 0.736. The molecule has 10 nitrogen and oxygen atoms in total. The minimum atomic E-state index is -0.929. The summed E-state index contributed by atoms with van der Waals surface area (Å²) in [7, 11) is 1.77. The molecule has 1 aliphatic rings. The van der Waals surface area contributed by atoms with E-state index in [1.165, 1.54) is 18.3 Å². The lowest BCUT2D eigenvalue weighted by Gasteiger charge is -2.35. The van der Waals surface area contributed by atoms with Crippen LogP contribution in [-0.4, -0.2) is 71.1 Å². The number of rotatable bonds is 15. The Balaban J connectivity index is 1.75. The summed E-state index contributed by atoms with van der Waals surface area (Å²) in [5, 5.41) is 14.5. The lowest BCUT2D eigenvalue weighted by Crippen LogP contribution is -2.44. The van der Waals surface area contributed by atoms with Gasteiger partial charge in [0.2, 0.25) is 5.91 Å². The third-order valence-electron chi connectivity index (χ3n) is 7.34. The van der Waals surface area contributed by atoms with Crippen LogP contribution in [0.5, 0.6) is 0 Å². The van der Waals surface area contributed by atoms with Gasteiger partial charge in [-0.2, -0.15) is 0 Å². The van der Waals surface area contributed by atoms with E-state index in [2.05, 4.69) is 10.3 Å². The van der Waals surface area contributed by atoms with E-state index in [0.717, 1.165) is 5.56 Å². The van der Waals surface area contributed by atoms with Gasteiger partial charge in [0.15, 0.2) is 6.10 Å². The number of carboxylic acid groups (broad SMARTS) is 1. The molecule has 0 bridgehead atoms. The van der Waals surface area contributed by atoms with Crippen molar-refractivity contribution in [3.63, 3.8) is 0 Å². The van der Waals surface area contributed by atoms with Crippen LogP contribution in [0.1, 0.15) is 74.1 Å². The summed E-state index contributed by atoms with van der Waals surface area (Å²) in [4.78, 5) is 55.9. The fourth-order valence-electron chi connectivity index (χ4n) is 4.89. The zero-order valence-electron chi connectivity index (χ0n) is 24.4. The topological polar surface area (TPSA) is 135 Å². The number of amides is 2. The maximum Gasteiger partial charge on any atom is 0.306 e. The lowest BCUT2D eigenvalue weighted by molar-refractivity contribution is -0.149. The van der Waals surface area contributed by atoms with Gasteiger partial charge in [0.05, 0.1) is 19.1 Å². The Morgan fingerprint density at radius 3 is 2.39 bits per heavy atom. The molecule has 11 heteroatoms. The second-order valence-electron chi connectivity index (χ2n) is 11.2. The first-order chi connectivity index (χ1) is 19.4. The number of aromatic nitrogens is 1. The molecule has 1 aromatic heterocycles. The first-order valence-electron chi connectivity index (χ1n) is 14.0. The maximum absolute atomic E-state index is 13.2. The van der Waals surface area contributed by atoms with Crippen LogP contribution in [0.25, 0.3) is 0 Å². The predicted octanol–water partition coefficient (Wildman–Crippen LogP) is 4.11. The number of nitrogens with one attached hydrogen (secondary N) is 1. The Hall–Kier alpha value is -3.31. The van der Waals surface area contributed by atoms with Crippen LogP contribution in [0, 0.1) is 17.8 Å². The van der Waals surface area contributed by atoms with Crippen molar-refractivity contribution in [1.82, 2.24) is 15.2 Å². The number of esters is 1. The molecular weight excluding hydrogens is 546 g/mol.